The van der Waals surface area contributed by atoms with Gasteiger partial charge in [-0.25, -0.2) is 4.98 Å². The molecule has 1 saturated carbocycles. The molecule has 8 nitrogen and oxygen atoms in total. The zero-order valence-electron chi connectivity index (χ0n) is 17.2. The molecule has 2 aliphatic rings. The molecule has 8 heteroatoms. The SMILES string of the molecule is CC(C)NC(=O)c1cccc(Nc2ncc(C(=O)NC3=NCCN3)cc2C2CC2)c1. The molecular formula is C22H26N6O2. The number of nitrogens with one attached hydrogen (secondary N) is 4. The second-order valence-corrected chi connectivity index (χ2v) is 7.88. The summed E-state index contributed by atoms with van der Waals surface area (Å²) in [6, 6.07) is 9.29. The van der Waals surface area contributed by atoms with Crippen LogP contribution >= 0.6 is 0 Å². The predicted octanol–water partition coefficient (Wildman–Crippen LogP) is 2.53. The maximum absolute atomic E-state index is 12.5. The van der Waals surface area contributed by atoms with Crippen molar-refractivity contribution in [2.45, 2.75) is 38.6 Å². The number of carbonyl (C=O) groups is 2. The van der Waals surface area contributed by atoms with Gasteiger partial charge in [0.05, 0.1) is 12.1 Å². The van der Waals surface area contributed by atoms with Crippen LogP contribution in [0.4, 0.5) is 11.5 Å². The fraction of sp³-hybridized carbons (Fsp3) is 0.364. The number of carbonyl (C=O) groups excluding carboxylic acids is 2. The third kappa shape index (κ3) is 4.76. The molecule has 1 aliphatic carbocycles. The first kappa shape index (κ1) is 19.9. The number of hydrogen-bond acceptors (Lipinski definition) is 6. The average molecular weight is 406 g/mol. The molecule has 1 aromatic carbocycles. The number of anilines is 2. The van der Waals surface area contributed by atoms with Crippen molar-refractivity contribution in [2.24, 2.45) is 4.99 Å². The van der Waals surface area contributed by atoms with Crippen molar-refractivity contribution < 1.29 is 9.59 Å². The first-order valence-electron chi connectivity index (χ1n) is 10.3. The molecule has 30 heavy (non-hydrogen) atoms. The molecular weight excluding hydrogens is 380 g/mol. The van der Waals surface area contributed by atoms with Crippen LogP contribution in [-0.2, 0) is 0 Å². The number of nitrogens with zero attached hydrogens (tertiary/aromatic N) is 2. The molecule has 2 amide bonds. The van der Waals surface area contributed by atoms with E-state index < -0.39 is 0 Å². The van der Waals surface area contributed by atoms with Crippen LogP contribution in [0.25, 0.3) is 0 Å². The van der Waals surface area contributed by atoms with Crippen LogP contribution in [0, 0.1) is 0 Å². The molecule has 0 atom stereocenters. The van der Waals surface area contributed by atoms with Gasteiger partial charge in [0.25, 0.3) is 11.8 Å². The standard InChI is InChI=1S/C22H26N6O2/c1-13(2)26-20(29)15-4-3-5-17(10-15)27-19-18(14-6-7-14)11-16(12-25-19)21(30)28-22-23-8-9-24-22/h3-5,10-14H,6-9H2,1-2H3,(H,25,27)(H,26,29)(H2,23,24,28,30). The smallest absolute Gasteiger partial charge is 0.259 e. The number of guanidine groups is 1. The zero-order valence-corrected chi connectivity index (χ0v) is 17.2. The molecule has 156 valence electrons. The van der Waals surface area contributed by atoms with E-state index in [4.69, 9.17) is 0 Å². The molecule has 2 heterocycles. The largest absolute Gasteiger partial charge is 0.354 e. The molecule has 0 saturated heterocycles. The van der Waals surface area contributed by atoms with E-state index in [1.807, 2.05) is 32.0 Å². The molecule has 0 spiro atoms. The van der Waals surface area contributed by atoms with Crippen LogP contribution in [0.15, 0.2) is 41.5 Å². The Morgan fingerprint density at radius 2 is 1.97 bits per heavy atom. The molecule has 1 aliphatic heterocycles. The van der Waals surface area contributed by atoms with Crippen LogP contribution in [0.5, 0.6) is 0 Å². The van der Waals surface area contributed by atoms with Crippen molar-refractivity contribution >= 4 is 29.3 Å². The molecule has 0 unspecified atom stereocenters. The summed E-state index contributed by atoms with van der Waals surface area (Å²) in [5.74, 6) is 1.27. The summed E-state index contributed by atoms with van der Waals surface area (Å²) in [6.07, 6.45) is 3.72. The number of rotatable bonds is 6. The lowest BCUT2D eigenvalue weighted by molar-refractivity contribution is 0.0941. The van der Waals surface area contributed by atoms with Gasteiger partial charge in [0.1, 0.15) is 5.82 Å². The van der Waals surface area contributed by atoms with Crippen molar-refractivity contribution in [1.82, 2.24) is 20.9 Å². The summed E-state index contributed by atoms with van der Waals surface area (Å²) >= 11 is 0. The Hall–Kier alpha value is -3.42. The van der Waals surface area contributed by atoms with Gasteiger partial charge in [-0.15, -0.1) is 0 Å². The van der Waals surface area contributed by atoms with E-state index in [9.17, 15) is 9.59 Å². The molecule has 0 bridgehead atoms. The Balaban J connectivity index is 1.53. The highest BCUT2D eigenvalue weighted by Crippen LogP contribution is 2.43. The lowest BCUT2D eigenvalue weighted by Crippen LogP contribution is -2.38. The number of pyridine rings is 1. The summed E-state index contributed by atoms with van der Waals surface area (Å²) < 4.78 is 0. The van der Waals surface area contributed by atoms with Gasteiger partial charge in [0, 0.05) is 30.0 Å². The zero-order chi connectivity index (χ0) is 21.1. The Bertz CT molecular complexity index is 997. The van der Waals surface area contributed by atoms with Crippen LogP contribution in [0.3, 0.4) is 0 Å². The van der Waals surface area contributed by atoms with Crippen LogP contribution in [-0.4, -0.2) is 41.9 Å². The number of aliphatic imine (C=N–C) groups is 1. The minimum atomic E-state index is -0.226. The molecule has 4 N–H and O–H groups in total. The molecule has 4 rings (SSSR count). The fourth-order valence-electron chi connectivity index (χ4n) is 3.30. The van der Waals surface area contributed by atoms with Crippen LogP contribution in [0.2, 0.25) is 0 Å². The Morgan fingerprint density at radius 3 is 2.67 bits per heavy atom. The second kappa shape index (κ2) is 8.52. The third-order valence-electron chi connectivity index (χ3n) is 4.91. The average Bonchev–Trinajstić information content (AvgIpc) is 3.44. The molecule has 1 fully saturated rings. The number of hydrogen-bond donors (Lipinski definition) is 4. The maximum Gasteiger partial charge on any atom is 0.259 e. The summed E-state index contributed by atoms with van der Waals surface area (Å²) in [5.41, 5.74) is 2.88. The molecule has 0 radical (unpaired) electrons. The van der Waals surface area contributed by atoms with Crippen molar-refractivity contribution in [1.29, 1.82) is 0 Å². The normalized spacial score (nSPS) is 15.4. The Labute approximate surface area is 175 Å². The highest BCUT2D eigenvalue weighted by molar-refractivity contribution is 6.06. The van der Waals surface area contributed by atoms with Crippen molar-refractivity contribution in [3.8, 4) is 0 Å². The first-order chi connectivity index (χ1) is 14.5. The van der Waals surface area contributed by atoms with Gasteiger partial charge in [0.2, 0.25) is 0 Å². The summed E-state index contributed by atoms with van der Waals surface area (Å²) in [4.78, 5) is 33.5. The van der Waals surface area contributed by atoms with Crippen molar-refractivity contribution in [3.05, 3.63) is 53.2 Å². The van der Waals surface area contributed by atoms with E-state index in [1.54, 1.807) is 18.3 Å². The van der Waals surface area contributed by atoms with E-state index >= 15 is 0 Å². The van der Waals surface area contributed by atoms with Gasteiger partial charge in [-0.2, -0.15) is 0 Å². The van der Waals surface area contributed by atoms with Crippen molar-refractivity contribution in [3.63, 3.8) is 0 Å². The van der Waals surface area contributed by atoms with Gasteiger partial charge in [0.15, 0.2) is 5.96 Å². The van der Waals surface area contributed by atoms with Gasteiger partial charge in [-0.1, -0.05) is 6.07 Å². The van der Waals surface area contributed by atoms with Gasteiger partial charge in [-0.05, 0) is 62.4 Å². The molecule has 2 aromatic rings. The predicted molar refractivity (Wildman–Crippen MR) is 116 cm³/mol. The van der Waals surface area contributed by atoms with Crippen LogP contribution < -0.4 is 21.3 Å². The topological polar surface area (TPSA) is 108 Å². The second-order valence-electron chi connectivity index (χ2n) is 7.88. The highest BCUT2D eigenvalue weighted by Gasteiger charge is 2.28. The summed E-state index contributed by atoms with van der Waals surface area (Å²) in [7, 11) is 0. The van der Waals surface area contributed by atoms with Crippen LogP contribution in [0.1, 0.15) is 58.9 Å². The van der Waals surface area contributed by atoms with Gasteiger partial charge >= 0.3 is 0 Å². The highest BCUT2D eigenvalue weighted by atomic mass is 16.2. The van der Waals surface area contributed by atoms with Gasteiger partial charge < -0.3 is 16.0 Å². The first-order valence-corrected chi connectivity index (χ1v) is 10.3. The van der Waals surface area contributed by atoms with E-state index in [0.29, 0.717) is 35.4 Å². The van der Waals surface area contributed by atoms with E-state index in [0.717, 1.165) is 30.6 Å². The Kier molecular flexibility index (Phi) is 5.65. The monoisotopic (exact) mass is 406 g/mol. The van der Waals surface area contributed by atoms with Gasteiger partial charge in [-0.3, -0.25) is 19.9 Å². The summed E-state index contributed by atoms with van der Waals surface area (Å²) in [5, 5.41) is 12.0. The minimum absolute atomic E-state index is 0.0707. The lowest BCUT2D eigenvalue weighted by atomic mass is 10.1. The quantitative estimate of drug-likeness (QED) is 0.590. The minimum Gasteiger partial charge on any atom is -0.354 e. The fourth-order valence-corrected chi connectivity index (χ4v) is 3.30. The Morgan fingerprint density at radius 1 is 1.13 bits per heavy atom. The lowest BCUT2D eigenvalue weighted by Gasteiger charge is -2.14. The number of aromatic nitrogens is 1. The summed E-state index contributed by atoms with van der Waals surface area (Å²) in [6.45, 7) is 5.26. The van der Waals surface area contributed by atoms with E-state index in [-0.39, 0.29) is 17.9 Å². The van der Waals surface area contributed by atoms with Crippen molar-refractivity contribution in [2.75, 3.05) is 18.4 Å². The van der Waals surface area contributed by atoms with E-state index in [2.05, 4.69) is 31.2 Å². The third-order valence-corrected chi connectivity index (χ3v) is 4.91. The molecule has 1 aromatic heterocycles. The number of benzene rings is 1. The maximum atomic E-state index is 12.5. The van der Waals surface area contributed by atoms with E-state index in [1.165, 1.54) is 0 Å². The number of amides is 2.